The first-order valence-electron chi connectivity index (χ1n) is 6.29. The molecule has 0 aliphatic heterocycles. The number of halogens is 1. The Bertz CT molecular complexity index is 522. The monoisotopic (exact) mass is 321 g/mol. The van der Waals surface area contributed by atoms with Crippen molar-refractivity contribution < 1.29 is 0 Å². The molecular formula is C15H16BrNS. The number of hydrogen-bond donors (Lipinski definition) is 1. The van der Waals surface area contributed by atoms with Gasteiger partial charge in [-0.25, -0.2) is 0 Å². The van der Waals surface area contributed by atoms with E-state index in [4.69, 9.17) is 0 Å². The van der Waals surface area contributed by atoms with Crippen molar-refractivity contribution in [3.8, 4) is 0 Å². The molecule has 0 saturated heterocycles. The van der Waals surface area contributed by atoms with E-state index >= 15 is 0 Å². The highest BCUT2D eigenvalue weighted by molar-refractivity contribution is 9.10. The zero-order valence-electron chi connectivity index (χ0n) is 10.3. The van der Waals surface area contributed by atoms with Crippen LogP contribution < -0.4 is 5.32 Å². The van der Waals surface area contributed by atoms with Gasteiger partial charge in [0.2, 0.25) is 0 Å². The van der Waals surface area contributed by atoms with Crippen molar-refractivity contribution in [3.05, 3.63) is 56.7 Å². The summed E-state index contributed by atoms with van der Waals surface area (Å²) in [6.45, 7) is 2.25. The molecule has 1 aromatic heterocycles. The molecule has 1 fully saturated rings. The molecule has 1 nitrogen and oxygen atoms in total. The highest BCUT2D eigenvalue weighted by atomic mass is 79.9. The van der Waals surface area contributed by atoms with Crippen LogP contribution in [0.25, 0.3) is 0 Å². The zero-order valence-corrected chi connectivity index (χ0v) is 12.7. The molecule has 0 radical (unpaired) electrons. The summed E-state index contributed by atoms with van der Waals surface area (Å²) in [6.07, 6.45) is 1.26. The first-order chi connectivity index (χ1) is 8.74. The number of nitrogens with one attached hydrogen (secondary N) is 1. The van der Waals surface area contributed by atoms with Crippen LogP contribution in [0.1, 0.15) is 35.7 Å². The second kappa shape index (κ2) is 5.16. The molecule has 0 amide bonds. The molecule has 0 spiro atoms. The lowest BCUT2D eigenvalue weighted by molar-refractivity contribution is 0.570. The van der Waals surface area contributed by atoms with E-state index in [0.29, 0.717) is 18.0 Å². The van der Waals surface area contributed by atoms with E-state index in [1.807, 2.05) is 11.3 Å². The fourth-order valence-electron chi connectivity index (χ4n) is 2.41. The van der Waals surface area contributed by atoms with Crippen molar-refractivity contribution in [3.63, 3.8) is 0 Å². The number of benzene rings is 1. The van der Waals surface area contributed by atoms with Crippen molar-refractivity contribution in [2.24, 2.45) is 0 Å². The lowest BCUT2D eigenvalue weighted by atomic mass is 10.1. The fourth-order valence-corrected chi connectivity index (χ4v) is 3.87. The van der Waals surface area contributed by atoms with Crippen LogP contribution in [0, 0.1) is 0 Å². The van der Waals surface area contributed by atoms with Gasteiger partial charge in [-0.15, -0.1) is 11.3 Å². The van der Waals surface area contributed by atoms with Crippen LogP contribution in [0.2, 0.25) is 0 Å². The minimum Gasteiger partial charge on any atom is -0.306 e. The number of rotatable bonds is 4. The molecule has 3 rings (SSSR count). The van der Waals surface area contributed by atoms with Gasteiger partial charge < -0.3 is 5.32 Å². The largest absolute Gasteiger partial charge is 0.306 e. The lowest BCUT2D eigenvalue weighted by Crippen LogP contribution is -2.21. The van der Waals surface area contributed by atoms with Gasteiger partial charge in [0.15, 0.2) is 0 Å². The summed E-state index contributed by atoms with van der Waals surface area (Å²) in [5.74, 6) is 0.706. The van der Waals surface area contributed by atoms with Gasteiger partial charge in [0.05, 0.1) is 0 Å². The average molecular weight is 322 g/mol. The first-order valence-corrected chi connectivity index (χ1v) is 7.96. The second-order valence-corrected chi connectivity index (χ2v) is 6.77. The maximum atomic E-state index is 3.72. The highest BCUT2D eigenvalue weighted by Gasteiger charge is 2.38. The highest BCUT2D eigenvalue weighted by Crippen LogP contribution is 2.42. The Balaban J connectivity index is 1.60. The molecule has 1 N–H and O–H groups in total. The Morgan fingerprint density at radius 1 is 1.33 bits per heavy atom. The molecule has 2 aromatic rings. The molecule has 1 saturated carbocycles. The van der Waals surface area contributed by atoms with E-state index in [0.717, 1.165) is 0 Å². The summed E-state index contributed by atoms with van der Waals surface area (Å²) in [7, 11) is 0. The van der Waals surface area contributed by atoms with Crippen molar-refractivity contribution >= 4 is 27.3 Å². The van der Waals surface area contributed by atoms with Crippen molar-refractivity contribution in [1.82, 2.24) is 5.32 Å². The minimum absolute atomic E-state index is 0.444. The van der Waals surface area contributed by atoms with Gasteiger partial charge in [-0.1, -0.05) is 30.3 Å². The Morgan fingerprint density at radius 2 is 2.11 bits per heavy atom. The third-order valence-corrected chi connectivity index (χ3v) is 5.37. The van der Waals surface area contributed by atoms with Crippen molar-refractivity contribution in [1.29, 1.82) is 0 Å². The van der Waals surface area contributed by atoms with Crippen LogP contribution in [0.15, 0.2) is 46.3 Å². The molecule has 1 aliphatic carbocycles. The number of hydrogen-bond acceptors (Lipinski definition) is 2. The smallest absolute Gasteiger partial charge is 0.0388 e. The second-order valence-electron chi connectivity index (χ2n) is 4.92. The van der Waals surface area contributed by atoms with E-state index < -0.39 is 0 Å². The van der Waals surface area contributed by atoms with E-state index in [2.05, 4.69) is 69.9 Å². The molecule has 3 unspecified atom stereocenters. The lowest BCUT2D eigenvalue weighted by Gasteiger charge is -2.11. The van der Waals surface area contributed by atoms with Crippen LogP contribution in [-0.4, -0.2) is 6.04 Å². The summed E-state index contributed by atoms with van der Waals surface area (Å²) in [5.41, 5.74) is 1.47. The third-order valence-electron chi connectivity index (χ3n) is 3.50. The van der Waals surface area contributed by atoms with E-state index in [1.54, 1.807) is 0 Å². The standard InChI is InChI=1S/C15H16BrNS/c1-10(15-7-12(16)9-18-15)17-14-8-13(14)11-5-3-2-4-6-11/h2-7,9-10,13-14,17H,8H2,1H3. The van der Waals surface area contributed by atoms with E-state index in [1.165, 1.54) is 21.3 Å². The predicted molar refractivity (Wildman–Crippen MR) is 81.2 cm³/mol. The Kier molecular flexibility index (Phi) is 3.55. The molecule has 1 aliphatic rings. The summed E-state index contributed by atoms with van der Waals surface area (Å²) < 4.78 is 1.19. The van der Waals surface area contributed by atoms with Gasteiger partial charge in [0.25, 0.3) is 0 Å². The van der Waals surface area contributed by atoms with Gasteiger partial charge in [0, 0.05) is 32.7 Å². The van der Waals surface area contributed by atoms with Gasteiger partial charge in [0.1, 0.15) is 0 Å². The maximum absolute atomic E-state index is 3.72. The quantitative estimate of drug-likeness (QED) is 0.859. The molecule has 1 aromatic carbocycles. The van der Waals surface area contributed by atoms with Crippen LogP contribution in [0.4, 0.5) is 0 Å². The molecule has 3 atom stereocenters. The van der Waals surface area contributed by atoms with Crippen molar-refractivity contribution in [2.45, 2.75) is 31.3 Å². The summed E-state index contributed by atoms with van der Waals surface area (Å²) in [4.78, 5) is 1.40. The fraction of sp³-hybridized carbons (Fsp3) is 0.333. The van der Waals surface area contributed by atoms with Crippen LogP contribution in [0.5, 0.6) is 0 Å². The van der Waals surface area contributed by atoms with Crippen LogP contribution in [-0.2, 0) is 0 Å². The van der Waals surface area contributed by atoms with Gasteiger partial charge in [-0.05, 0) is 40.9 Å². The average Bonchev–Trinajstić information content (AvgIpc) is 3.01. The molecular weight excluding hydrogens is 306 g/mol. The van der Waals surface area contributed by atoms with E-state index in [-0.39, 0.29) is 0 Å². The summed E-state index contributed by atoms with van der Waals surface area (Å²) in [6, 6.07) is 14.1. The zero-order chi connectivity index (χ0) is 12.5. The third kappa shape index (κ3) is 2.68. The minimum atomic E-state index is 0.444. The SMILES string of the molecule is CC(NC1CC1c1ccccc1)c1cc(Br)cs1. The topological polar surface area (TPSA) is 12.0 Å². The Morgan fingerprint density at radius 3 is 2.78 bits per heavy atom. The van der Waals surface area contributed by atoms with E-state index in [9.17, 15) is 0 Å². The molecule has 0 bridgehead atoms. The normalized spacial score (nSPS) is 23.9. The summed E-state index contributed by atoms with van der Waals surface area (Å²) >= 11 is 5.33. The van der Waals surface area contributed by atoms with Crippen molar-refractivity contribution in [2.75, 3.05) is 0 Å². The Hall–Kier alpha value is -0.640. The maximum Gasteiger partial charge on any atom is 0.0388 e. The molecule has 3 heteroatoms. The van der Waals surface area contributed by atoms with Crippen LogP contribution in [0.3, 0.4) is 0 Å². The Labute approximate surface area is 120 Å². The van der Waals surface area contributed by atoms with Gasteiger partial charge >= 0.3 is 0 Å². The van der Waals surface area contributed by atoms with Gasteiger partial charge in [-0.2, -0.15) is 0 Å². The first kappa shape index (κ1) is 12.4. The number of thiophene rings is 1. The molecule has 18 heavy (non-hydrogen) atoms. The molecule has 94 valence electrons. The van der Waals surface area contributed by atoms with Gasteiger partial charge in [-0.3, -0.25) is 0 Å². The predicted octanol–water partition coefficient (Wildman–Crippen LogP) is 4.72. The summed E-state index contributed by atoms with van der Waals surface area (Å²) in [5, 5.41) is 5.87. The molecule has 1 heterocycles. The van der Waals surface area contributed by atoms with Crippen LogP contribution >= 0.6 is 27.3 Å².